The van der Waals surface area contributed by atoms with Crippen molar-refractivity contribution in [2.24, 2.45) is 11.7 Å². The van der Waals surface area contributed by atoms with Crippen molar-refractivity contribution >= 4 is 23.1 Å². The van der Waals surface area contributed by atoms with Crippen LogP contribution in [0.3, 0.4) is 0 Å². The lowest BCUT2D eigenvalue weighted by atomic mass is 9.80. The quantitative estimate of drug-likeness (QED) is 0.926. The molecule has 2 aliphatic heterocycles. The van der Waals surface area contributed by atoms with Gasteiger partial charge in [-0.05, 0) is 48.8 Å². The molecular formula is C14H21NOS2. The number of hydrogen-bond donors (Lipinski definition) is 1. The van der Waals surface area contributed by atoms with Crippen LogP contribution in [0.5, 0.6) is 0 Å². The van der Waals surface area contributed by atoms with Gasteiger partial charge in [-0.3, -0.25) is 0 Å². The fourth-order valence-corrected chi connectivity index (χ4v) is 5.28. The highest BCUT2D eigenvalue weighted by molar-refractivity contribution is 7.99. The van der Waals surface area contributed by atoms with E-state index in [0.717, 1.165) is 19.4 Å². The minimum Gasteiger partial charge on any atom is -0.374 e. The first-order valence-electron chi connectivity index (χ1n) is 6.77. The van der Waals surface area contributed by atoms with Gasteiger partial charge in [0.15, 0.2) is 0 Å². The van der Waals surface area contributed by atoms with Crippen LogP contribution in [0.1, 0.15) is 24.1 Å². The zero-order chi connectivity index (χ0) is 12.4. The summed E-state index contributed by atoms with van der Waals surface area (Å²) in [5.41, 5.74) is 6.60. The van der Waals surface area contributed by atoms with Crippen LogP contribution < -0.4 is 5.73 Å². The van der Waals surface area contributed by atoms with Crippen LogP contribution in [0.15, 0.2) is 17.5 Å². The number of thioether (sulfide) groups is 1. The Morgan fingerprint density at radius 1 is 1.56 bits per heavy atom. The second-order valence-electron chi connectivity index (χ2n) is 5.53. The van der Waals surface area contributed by atoms with Gasteiger partial charge in [-0.2, -0.15) is 11.8 Å². The molecule has 18 heavy (non-hydrogen) atoms. The van der Waals surface area contributed by atoms with Crippen LogP contribution in [0.2, 0.25) is 0 Å². The number of thiophene rings is 1. The molecule has 1 aromatic heterocycles. The van der Waals surface area contributed by atoms with Crippen molar-refractivity contribution in [3.8, 4) is 0 Å². The molecule has 1 aromatic rings. The Labute approximate surface area is 117 Å². The topological polar surface area (TPSA) is 35.2 Å². The lowest BCUT2D eigenvalue weighted by Crippen LogP contribution is -2.46. The van der Waals surface area contributed by atoms with Crippen LogP contribution in [0, 0.1) is 5.92 Å². The van der Waals surface area contributed by atoms with Gasteiger partial charge in [-0.1, -0.05) is 6.07 Å². The summed E-state index contributed by atoms with van der Waals surface area (Å²) in [6.07, 6.45) is 4.57. The van der Waals surface area contributed by atoms with E-state index >= 15 is 0 Å². The van der Waals surface area contributed by atoms with E-state index in [2.05, 4.69) is 17.5 Å². The third-order valence-electron chi connectivity index (χ3n) is 4.22. The summed E-state index contributed by atoms with van der Waals surface area (Å²) >= 11 is 3.86. The maximum absolute atomic E-state index is 6.43. The number of nitrogens with two attached hydrogens (primary N) is 1. The summed E-state index contributed by atoms with van der Waals surface area (Å²) < 4.78 is 6.07. The highest BCUT2D eigenvalue weighted by atomic mass is 32.2. The van der Waals surface area contributed by atoms with E-state index in [1.54, 1.807) is 0 Å². The fraction of sp³-hybridized carbons (Fsp3) is 0.714. The number of hydrogen-bond acceptors (Lipinski definition) is 4. The van der Waals surface area contributed by atoms with Crippen molar-refractivity contribution in [1.29, 1.82) is 0 Å². The molecule has 0 saturated carbocycles. The van der Waals surface area contributed by atoms with Crippen LogP contribution in [0.25, 0.3) is 0 Å². The van der Waals surface area contributed by atoms with Gasteiger partial charge in [0.2, 0.25) is 0 Å². The smallest absolute Gasteiger partial charge is 0.0783 e. The third kappa shape index (κ3) is 2.77. The Morgan fingerprint density at radius 3 is 3.22 bits per heavy atom. The average Bonchev–Trinajstić information content (AvgIpc) is 3.02. The first-order chi connectivity index (χ1) is 8.77. The SMILES string of the molecule is NC(Cc1cccs1)C1CCOC2(CCSC2)C1. The van der Waals surface area contributed by atoms with E-state index in [9.17, 15) is 0 Å². The first kappa shape index (κ1) is 13.0. The van der Waals surface area contributed by atoms with Crippen molar-refractivity contribution in [3.63, 3.8) is 0 Å². The van der Waals surface area contributed by atoms with Gasteiger partial charge in [-0.15, -0.1) is 11.3 Å². The van der Waals surface area contributed by atoms with E-state index in [0.29, 0.717) is 12.0 Å². The second-order valence-corrected chi connectivity index (χ2v) is 7.67. The Hall–Kier alpha value is -0.0300. The minimum absolute atomic E-state index is 0.167. The molecule has 4 heteroatoms. The molecule has 3 heterocycles. The van der Waals surface area contributed by atoms with Crippen molar-refractivity contribution in [1.82, 2.24) is 0 Å². The molecule has 0 radical (unpaired) electrons. The lowest BCUT2D eigenvalue weighted by molar-refractivity contribution is -0.0831. The van der Waals surface area contributed by atoms with E-state index in [4.69, 9.17) is 10.5 Å². The normalized spacial score (nSPS) is 33.9. The maximum atomic E-state index is 6.43. The highest BCUT2D eigenvalue weighted by Crippen LogP contribution is 2.41. The molecule has 0 amide bonds. The van der Waals surface area contributed by atoms with Gasteiger partial charge in [-0.25, -0.2) is 0 Å². The highest BCUT2D eigenvalue weighted by Gasteiger charge is 2.41. The van der Waals surface area contributed by atoms with E-state index in [1.165, 1.54) is 29.2 Å². The van der Waals surface area contributed by atoms with Gasteiger partial charge < -0.3 is 10.5 Å². The molecule has 1 spiro atoms. The van der Waals surface area contributed by atoms with Gasteiger partial charge in [0.05, 0.1) is 5.60 Å². The first-order valence-corrected chi connectivity index (χ1v) is 8.81. The molecule has 2 saturated heterocycles. The van der Waals surface area contributed by atoms with Gasteiger partial charge in [0, 0.05) is 23.3 Å². The van der Waals surface area contributed by atoms with Crippen molar-refractivity contribution in [3.05, 3.63) is 22.4 Å². The Bertz CT molecular complexity index is 373. The average molecular weight is 283 g/mol. The summed E-state index contributed by atoms with van der Waals surface area (Å²) in [6, 6.07) is 4.62. The molecule has 3 atom stereocenters. The Balaban J connectivity index is 1.61. The maximum Gasteiger partial charge on any atom is 0.0783 e. The lowest BCUT2D eigenvalue weighted by Gasteiger charge is -2.40. The van der Waals surface area contributed by atoms with E-state index in [-0.39, 0.29) is 5.60 Å². The molecular weight excluding hydrogens is 262 g/mol. The molecule has 2 fully saturated rings. The number of ether oxygens (including phenoxy) is 1. The van der Waals surface area contributed by atoms with Crippen molar-refractivity contribution in [2.45, 2.75) is 37.3 Å². The van der Waals surface area contributed by atoms with Crippen LogP contribution in [0.4, 0.5) is 0 Å². The van der Waals surface area contributed by atoms with Gasteiger partial charge in [0.25, 0.3) is 0 Å². The summed E-state index contributed by atoms with van der Waals surface area (Å²) in [7, 11) is 0. The summed E-state index contributed by atoms with van der Waals surface area (Å²) in [5, 5.41) is 2.14. The third-order valence-corrected chi connectivity index (χ3v) is 6.34. The van der Waals surface area contributed by atoms with E-state index in [1.807, 2.05) is 23.1 Å². The zero-order valence-electron chi connectivity index (χ0n) is 10.6. The van der Waals surface area contributed by atoms with E-state index < -0.39 is 0 Å². The number of rotatable bonds is 3. The van der Waals surface area contributed by atoms with Crippen molar-refractivity contribution < 1.29 is 4.74 Å². The minimum atomic E-state index is 0.167. The fourth-order valence-electron chi connectivity index (χ4n) is 3.12. The molecule has 0 aromatic carbocycles. The molecule has 2 aliphatic rings. The molecule has 2 nitrogen and oxygen atoms in total. The van der Waals surface area contributed by atoms with Gasteiger partial charge in [0.1, 0.15) is 0 Å². The summed E-state index contributed by atoms with van der Waals surface area (Å²) in [4.78, 5) is 1.42. The molecule has 2 N–H and O–H groups in total. The zero-order valence-corrected chi connectivity index (χ0v) is 12.3. The molecule has 0 aliphatic carbocycles. The molecule has 100 valence electrons. The Kier molecular flexibility index (Phi) is 3.99. The predicted molar refractivity (Wildman–Crippen MR) is 79.3 cm³/mol. The monoisotopic (exact) mass is 283 g/mol. The van der Waals surface area contributed by atoms with Crippen LogP contribution in [-0.2, 0) is 11.2 Å². The summed E-state index contributed by atoms with van der Waals surface area (Å²) in [6.45, 7) is 0.906. The standard InChI is InChI=1S/C14H21NOS2/c15-13(8-12-2-1-6-18-12)11-3-5-16-14(9-11)4-7-17-10-14/h1-2,6,11,13H,3-5,7-10,15H2. The molecule has 3 rings (SSSR count). The predicted octanol–water partition coefficient (Wildman–Crippen LogP) is 2.92. The van der Waals surface area contributed by atoms with Crippen molar-refractivity contribution in [2.75, 3.05) is 18.1 Å². The van der Waals surface area contributed by atoms with Crippen LogP contribution >= 0.6 is 23.1 Å². The van der Waals surface area contributed by atoms with Gasteiger partial charge >= 0.3 is 0 Å². The van der Waals surface area contributed by atoms with Crippen LogP contribution in [-0.4, -0.2) is 29.8 Å². The molecule has 3 unspecified atom stereocenters. The molecule has 0 bridgehead atoms. The summed E-state index contributed by atoms with van der Waals surface area (Å²) in [5.74, 6) is 3.07. The Morgan fingerprint density at radius 2 is 2.50 bits per heavy atom. The largest absolute Gasteiger partial charge is 0.374 e. The second kappa shape index (κ2) is 5.53.